The van der Waals surface area contributed by atoms with Crippen molar-refractivity contribution in [3.05, 3.63) is 69.8 Å². The van der Waals surface area contributed by atoms with Crippen molar-refractivity contribution < 1.29 is 23.6 Å². The van der Waals surface area contributed by atoms with E-state index in [-0.39, 0.29) is 27.7 Å². The molecule has 0 aromatic heterocycles. The molecule has 3 aliphatic rings. The molecule has 0 unspecified atom stereocenters. The molecule has 8 heteroatoms. The molecule has 6 atom stereocenters. The molecule has 37 heavy (non-hydrogen) atoms. The van der Waals surface area contributed by atoms with E-state index in [1.165, 1.54) is 29.8 Å². The van der Waals surface area contributed by atoms with Crippen LogP contribution in [0.5, 0.6) is 0 Å². The molecule has 4 rings (SSSR count). The van der Waals surface area contributed by atoms with Crippen LogP contribution in [-0.4, -0.2) is 41.5 Å². The largest absolute Gasteiger partial charge is 0.393 e. The third-order valence-electron chi connectivity index (χ3n) is 9.24. The van der Waals surface area contributed by atoms with Gasteiger partial charge in [0.05, 0.1) is 27.8 Å². The van der Waals surface area contributed by atoms with E-state index in [9.17, 15) is 28.7 Å². The zero-order valence-electron chi connectivity index (χ0n) is 21.8. The first-order valence-corrected chi connectivity index (χ1v) is 15.0. The first kappa shape index (κ1) is 27.7. The van der Waals surface area contributed by atoms with Gasteiger partial charge in [0.25, 0.3) is 5.69 Å². The first-order valence-electron chi connectivity index (χ1n) is 13.3. The van der Waals surface area contributed by atoms with Crippen LogP contribution in [0.1, 0.15) is 65.2 Å². The average Bonchev–Trinajstić information content (AvgIpc) is 3.21. The molecular formula is C29H39NO6S. The minimum absolute atomic E-state index is 0.0325. The Morgan fingerprint density at radius 3 is 2.59 bits per heavy atom. The van der Waals surface area contributed by atoms with Gasteiger partial charge in [-0.25, -0.2) is 8.42 Å². The fourth-order valence-electron chi connectivity index (χ4n) is 7.11. The lowest BCUT2D eigenvalue weighted by atomic mass is 9.61. The number of allylic oxidation sites excluding steroid dienone is 3. The van der Waals surface area contributed by atoms with Crippen molar-refractivity contribution in [1.82, 2.24) is 0 Å². The van der Waals surface area contributed by atoms with Gasteiger partial charge in [-0.15, -0.1) is 0 Å². The maximum atomic E-state index is 12.9. The standard InChI is InChI=1S/C29H39NO6S/c1-19(14-16-37(35,36)25-10-8-23(9-11-25)30(33)34)26-12-13-27-21(5-4-15-29(26,27)3)6-7-22-17-24(31)18-28(32)20(22)2/h6-11,19,24,26-28,31-32H,2,4-5,12-18H2,1,3H3/t19-,24-,26-,27+,28+,29-/m1/s1. The normalized spacial score (nSPS) is 33.5. The van der Waals surface area contributed by atoms with Crippen LogP contribution in [0.2, 0.25) is 0 Å². The van der Waals surface area contributed by atoms with E-state index >= 15 is 0 Å². The number of rotatable bonds is 7. The summed E-state index contributed by atoms with van der Waals surface area (Å²) in [4.78, 5) is 10.5. The maximum Gasteiger partial charge on any atom is 0.269 e. The van der Waals surface area contributed by atoms with E-state index in [1.807, 2.05) is 6.08 Å². The van der Waals surface area contributed by atoms with Crippen molar-refractivity contribution in [2.45, 2.75) is 82.3 Å². The summed E-state index contributed by atoms with van der Waals surface area (Å²) in [6.45, 7) is 8.56. The fourth-order valence-corrected chi connectivity index (χ4v) is 8.58. The molecular weight excluding hydrogens is 490 g/mol. The summed E-state index contributed by atoms with van der Waals surface area (Å²) in [6, 6.07) is 5.15. The van der Waals surface area contributed by atoms with E-state index in [4.69, 9.17) is 0 Å². The Kier molecular flexibility index (Phi) is 8.12. The molecule has 0 aliphatic heterocycles. The van der Waals surface area contributed by atoms with Gasteiger partial charge in [-0.3, -0.25) is 10.1 Å². The number of hydrogen-bond acceptors (Lipinski definition) is 6. The highest BCUT2D eigenvalue weighted by molar-refractivity contribution is 7.91. The smallest absolute Gasteiger partial charge is 0.269 e. The predicted molar refractivity (Wildman–Crippen MR) is 144 cm³/mol. The Balaban J connectivity index is 1.44. The Labute approximate surface area is 220 Å². The lowest BCUT2D eigenvalue weighted by Crippen LogP contribution is -2.36. The molecule has 7 nitrogen and oxygen atoms in total. The predicted octanol–water partition coefficient (Wildman–Crippen LogP) is 5.54. The molecule has 3 fully saturated rings. The molecule has 2 N–H and O–H groups in total. The highest BCUT2D eigenvalue weighted by atomic mass is 32.2. The summed E-state index contributed by atoms with van der Waals surface area (Å²) in [5, 5.41) is 31.1. The van der Waals surface area contributed by atoms with Gasteiger partial charge in [-0.05, 0) is 91.4 Å². The lowest BCUT2D eigenvalue weighted by molar-refractivity contribution is -0.384. The number of fused-ring (bicyclic) bond motifs is 1. The number of aliphatic hydroxyl groups excluding tert-OH is 2. The SMILES string of the molecule is C=C1C(=CC=C2CCC[C@]3(C)[C@@H]([C@H](C)CCS(=O)(=O)c4ccc([N+](=O)[O-])cc4)CC[C@@H]23)C[C@@H](O)C[C@@H]1O. The van der Waals surface area contributed by atoms with Gasteiger partial charge in [-0.1, -0.05) is 38.2 Å². The van der Waals surface area contributed by atoms with Gasteiger partial charge in [0.2, 0.25) is 0 Å². The van der Waals surface area contributed by atoms with Gasteiger partial charge in [0, 0.05) is 18.6 Å². The molecule has 3 aliphatic carbocycles. The number of nitro benzene ring substituents is 1. The molecule has 1 aromatic carbocycles. The number of sulfone groups is 1. The summed E-state index contributed by atoms with van der Waals surface area (Å²) >= 11 is 0. The van der Waals surface area contributed by atoms with Gasteiger partial charge >= 0.3 is 0 Å². The summed E-state index contributed by atoms with van der Waals surface area (Å²) in [7, 11) is -3.51. The first-order chi connectivity index (χ1) is 17.4. The Morgan fingerprint density at radius 2 is 1.92 bits per heavy atom. The number of nitrogens with zero attached hydrogens (tertiary/aromatic N) is 1. The van der Waals surface area contributed by atoms with Crippen molar-refractivity contribution in [2.24, 2.45) is 23.2 Å². The van der Waals surface area contributed by atoms with Gasteiger partial charge in [-0.2, -0.15) is 0 Å². The van der Waals surface area contributed by atoms with Gasteiger partial charge in [0.15, 0.2) is 9.84 Å². The molecule has 0 bridgehead atoms. The summed E-state index contributed by atoms with van der Waals surface area (Å²) in [6.07, 6.45) is 9.84. The van der Waals surface area contributed by atoms with E-state index in [2.05, 4.69) is 26.5 Å². The molecule has 0 saturated heterocycles. The maximum absolute atomic E-state index is 12.9. The summed E-state index contributed by atoms with van der Waals surface area (Å²) < 4.78 is 25.9. The lowest BCUT2D eigenvalue weighted by Gasteiger charge is -2.44. The van der Waals surface area contributed by atoms with Crippen LogP contribution in [0.3, 0.4) is 0 Å². The molecule has 0 heterocycles. The number of hydrogen-bond donors (Lipinski definition) is 2. The third-order valence-corrected chi connectivity index (χ3v) is 11.0. The fraction of sp³-hybridized carbons (Fsp3) is 0.586. The monoisotopic (exact) mass is 529 g/mol. The minimum atomic E-state index is -3.51. The van der Waals surface area contributed by atoms with Crippen molar-refractivity contribution in [3.8, 4) is 0 Å². The van der Waals surface area contributed by atoms with E-state index in [0.717, 1.165) is 37.7 Å². The second kappa shape index (κ2) is 10.8. The van der Waals surface area contributed by atoms with E-state index < -0.39 is 27.0 Å². The number of aliphatic hydroxyl groups is 2. The molecule has 3 saturated carbocycles. The van der Waals surface area contributed by atoms with Gasteiger partial charge in [0.1, 0.15) is 0 Å². The Morgan fingerprint density at radius 1 is 1.22 bits per heavy atom. The van der Waals surface area contributed by atoms with Crippen LogP contribution in [0, 0.1) is 33.3 Å². The Bertz CT molecular complexity index is 1200. The highest BCUT2D eigenvalue weighted by Gasteiger charge is 2.50. The average molecular weight is 530 g/mol. The minimum Gasteiger partial charge on any atom is -0.393 e. The van der Waals surface area contributed by atoms with Crippen LogP contribution < -0.4 is 0 Å². The topological polar surface area (TPSA) is 118 Å². The molecule has 0 spiro atoms. The van der Waals surface area contributed by atoms with Gasteiger partial charge < -0.3 is 10.2 Å². The van der Waals surface area contributed by atoms with Crippen LogP contribution in [0.25, 0.3) is 0 Å². The van der Waals surface area contributed by atoms with Crippen molar-refractivity contribution >= 4 is 15.5 Å². The second-order valence-electron chi connectivity index (χ2n) is 11.5. The van der Waals surface area contributed by atoms with Crippen LogP contribution in [0.4, 0.5) is 5.69 Å². The van der Waals surface area contributed by atoms with Crippen LogP contribution in [0.15, 0.2) is 64.6 Å². The second-order valence-corrected chi connectivity index (χ2v) is 13.6. The summed E-state index contributed by atoms with van der Waals surface area (Å²) in [5.41, 5.74) is 3.03. The third kappa shape index (κ3) is 5.76. The zero-order valence-corrected chi connectivity index (χ0v) is 22.6. The van der Waals surface area contributed by atoms with Crippen molar-refractivity contribution in [2.75, 3.05) is 5.75 Å². The Hall–Kier alpha value is -2.29. The summed E-state index contributed by atoms with van der Waals surface area (Å²) in [5.74, 6) is 1.15. The highest BCUT2D eigenvalue weighted by Crippen LogP contribution is 2.59. The molecule has 1 aromatic rings. The van der Waals surface area contributed by atoms with Crippen LogP contribution in [-0.2, 0) is 9.84 Å². The molecule has 0 radical (unpaired) electrons. The van der Waals surface area contributed by atoms with Crippen LogP contribution >= 0.6 is 0 Å². The van der Waals surface area contributed by atoms with E-state index in [0.29, 0.717) is 36.7 Å². The number of benzene rings is 1. The van der Waals surface area contributed by atoms with Crippen molar-refractivity contribution in [1.29, 1.82) is 0 Å². The number of non-ortho nitro benzene ring substituents is 1. The van der Waals surface area contributed by atoms with E-state index in [1.54, 1.807) is 0 Å². The molecule has 202 valence electrons. The number of nitro groups is 1. The molecule has 0 amide bonds. The van der Waals surface area contributed by atoms with Crippen molar-refractivity contribution in [3.63, 3.8) is 0 Å². The zero-order chi connectivity index (χ0) is 27.0. The quantitative estimate of drug-likeness (QED) is 0.354.